The number of halogens is 3. The lowest BCUT2D eigenvalue weighted by molar-refractivity contribution is -0.137. The maximum atomic E-state index is 13.1. The predicted molar refractivity (Wildman–Crippen MR) is 125 cm³/mol. The minimum absolute atomic E-state index is 0.0262. The van der Waals surface area contributed by atoms with E-state index in [-0.39, 0.29) is 11.3 Å². The van der Waals surface area contributed by atoms with Crippen LogP contribution in [0, 0.1) is 5.41 Å². The number of pyridine rings is 1. The first-order valence-corrected chi connectivity index (χ1v) is 12.1. The average Bonchev–Trinajstić information content (AvgIpc) is 2.81. The number of nitrogens with zero attached hydrogens (tertiary/aromatic N) is 1. The van der Waals surface area contributed by atoms with Crippen LogP contribution in [-0.4, -0.2) is 35.5 Å². The lowest BCUT2D eigenvalue weighted by Gasteiger charge is -2.39. The molecule has 1 aliphatic carbocycles. The lowest BCUT2D eigenvalue weighted by atomic mass is 9.70. The van der Waals surface area contributed by atoms with Crippen LogP contribution in [0.4, 0.5) is 13.2 Å². The zero-order valence-corrected chi connectivity index (χ0v) is 20.7. The van der Waals surface area contributed by atoms with E-state index in [1.165, 1.54) is 12.1 Å². The Morgan fingerprint density at radius 1 is 1.11 bits per heavy atom. The van der Waals surface area contributed by atoms with Gasteiger partial charge in [-0.05, 0) is 67.2 Å². The van der Waals surface area contributed by atoms with Crippen molar-refractivity contribution in [1.29, 1.82) is 0 Å². The Hall–Kier alpha value is -2.00. The van der Waals surface area contributed by atoms with Crippen LogP contribution in [0.15, 0.2) is 24.3 Å². The molecule has 5 nitrogen and oxygen atoms in total. The highest BCUT2D eigenvalue weighted by Crippen LogP contribution is 2.48. The molecule has 35 heavy (non-hydrogen) atoms. The van der Waals surface area contributed by atoms with Gasteiger partial charge in [-0.25, -0.2) is 0 Å². The summed E-state index contributed by atoms with van der Waals surface area (Å²) in [5, 5.41) is 22.9. The van der Waals surface area contributed by atoms with Gasteiger partial charge in [0.1, 0.15) is 6.10 Å². The molecule has 1 saturated heterocycles. The minimum atomic E-state index is -4.46. The first kappa shape index (κ1) is 26.1. The van der Waals surface area contributed by atoms with Crippen LogP contribution in [0.1, 0.15) is 103 Å². The van der Waals surface area contributed by atoms with Gasteiger partial charge in [0.2, 0.25) is 0 Å². The molecule has 2 heterocycles. The van der Waals surface area contributed by atoms with Gasteiger partial charge in [0.05, 0.1) is 23.5 Å². The third kappa shape index (κ3) is 5.26. The lowest BCUT2D eigenvalue weighted by Crippen LogP contribution is -2.31. The molecule has 2 N–H and O–H groups in total. The van der Waals surface area contributed by atoms with Gasteiger partial charge >= 0.3 is 6.18 Å². The van der Waals surface area contributed by atoms with Gasteiger partial charge in [0, 0.05) is 37.1 Å². The second-order valence-corrected chi connectivity index (χ2v) is 10.5. The molecule has 8 heteroatoms. The molecule has 0 spiro atoms. The molecule has 1 unspecified atom stereocenters. The van der Waals surface area contributed by atoms with Crippen molar-refractivity contribution in [2.45, 2.75) is 76.9 Å². The highest BCUT2D eigenvalue weighted by atomic mass is 19.4. The number of alkyl halides is 3. The van der Waals surface area contributed by atoms with E-state index >= 15 is 0 Å². The maximum Gasteiger partial charge on any atom is 0.416 e. The van der Waals surface area contributed by atoms with Gasteiger partial charge in [-0.15, -0.1) is 0 Å². The van der Waals surface area contributed by atoms with Crippen LogP contribution < -0.4 is 0 Å². The van der Waals surface area contributed by atoms with Gasteiger partial charge in [0.15, 0.2) is 0 Å². The molecule has 0 radical (unpaired) electrons. The topological polar surface area (TPSA) is 71.8 Å². The van der Waals surface area contributed by atoms with Crippen molar-refractivity contribution < 1.29 is 32.9 Å². The molecule has 2 aliphatic rings. The molecule has 1 fully saturated rings. The van der Waals surface area contributed by atoms with E-state index < -0.39 is 30.1 Å². The Morgan fingerprint density at radius 2 is 1.74 bits per heavy atom. The van der Waals surface area contributed by atoms with Gasteiger partial charge < -0.3 is 19.7 Å². The van der Waals surface area contributed by atoms with E-state index in [1.54, 1.807) is 7.11 Å². The summed E-state index contributed by atoms with van der Waals surface area (Å²) in [6, 6.07) is 4.58. The first-order valence-electron chi connectivity index (χ1n) is 12.1. The molecule has 2 aromatic rings. The van der Waals surface area contributed by atoms with E-state index in [0.717, 1.165) is 41.8 Å². The number of methoxy groups -OCH3 is 1. The molecule has 0 amide bonds. The molecule has 192 valence electrons. The number of hydrogen-bond acceptors (Lipinski definition) is 5. The summed E-state index contributed by atoms with van der Waals surface area (Å²) in [7, 11) is 1.56. The summed E-state index contributed by atoms with van der Waals surface area (Å²) in [6.45, 7) is 7.16. The Balaban J connectivity index is 1.94. The quantitative estimate of drug-likeness (QED) is 0.552. The second kappa shape index (κ2) is 9.81. The molecule has 0 bridgehead atoms. The number of fused-ring (bicyclic) bond motifs is 1. The number of aliphatic hydroxyl groups excluding tert-OH is 2. The molecular weight excluding hydrogens is 459 g/mol. The Morgan fingerprint density at radius 3 is 2.31 bits per heavy atom. The second-order valence-electron chi connectivity index (χ2n) is 10.5. The monoisotopic (exact) mass is 493 g/mol. The van der Waals surface area contributed by atoms with Crippen LogP contribution in [0.25, 0.3) is 0 Å². The standard InChI is InChI=1S/C27H34F3NO4/c1-15(34-4)24-23(25(33)17-5-7-18(8-6-17)27(28,29)30)21(16-9-11-35-12-10-16)22-19(31-24)13-26(2,3)14-20(22)32/h5-8,15-16,20,25,32-33H,9-14H2,1-4H3/t15?,20-,25+/m0/s1. The summed E-state index contributed by atoms with van der Waals surface area (Å²) in [5.74, 6) is 0.0262. The molecular formula is C27H34F3NO4. The van der Waals surface area contributed by atoms with Crippen molar-refractivity contribution in [1.82, 2.24) is 4.98 Å². The Bertz CT molecular complexity index is 1050. The van der Waals surface area contributed by atoms with Gasteiger partial charge in [-0.2, -0.15) is 13.2 Å². The van der Waals surface area contributed by atoms with E-state index in [2.05, 4.69) is 13.8 Å². The number of hydrogen-bond donors (Lipinski definition) is 2. The molecule has 3 atom stereocenters. The Labute approximate surface area is 204 Å². The highest BCUT2D eigenvalue weighted by molar-refractivity contribution is 5.50. The fourth-order valence-electron chi connectivity index (χ4n) is 5.52. The minimum Gasteiger partial charge on any atom is -0.388 e. The number of ether oxygens (including phenoxy) is 2. The highest BCUT2D eigenvalue weighted by Gasteiger charge is 2.40. The zero-order valence-electron chi connectivity index (χ0n) is 20.7. The van der Waals surface area contributed by atoms with E-state index in [4.69, 9.17) is 14.5 Å². The molecule has 1 aromatic carbocycles. The van der Waals surface area contributed by atoms with E-state index in [9.17, 15) is 23.4 Å². The number of rotatable bonds is 5. The van der Waals surface area contributed by atoms with Crippen LogP contribution in [0.2, 0.25) is 0 Å². The third-order valence-electron chi connectivity index (χ3n) is 7.34. The average molecular weight is 494 g/mol. The maximum absolute atomic E-state index is 13.1. The van der Waals surface area contributed by atoms with Crippen LogP contribution in [-0.2, 0) is 22.1 Å². The van der Waals surface area contributed by atoms with Gasteiger partial charge in [-0.1, -0.05) is 26.0 Å². The van der Waals surface area contributed by atoms with Crippen LogP contribution >= 0.6 is 0 Å². The summed E-state index contributed by atoms with van der Waals surface area (Å²) in [5.41, 5.74) is 2.92. The fourth-order valence-corrected chi connectivity index (χ4v) is 5.52. The largest absolute Gasteiger partial charge is 0.416 e. The summed E-state index contributed by atoms with van der Waals surface area (Å²) >= 11 is 0. The van der Waals surface area contributed by atoms with E-state index in [1.807, 2.05) is 6.92 Å². The van der Waals surface area contributed by atoms with Crippen molar-refractivity contribution in [3.05, 3.63) is 63.5 Å². The number of aromatic nitrogens is 1. The fraction of sp³-hybridized carbons (Fsp3) is 0.593. The van der Waals surface area contributed by atoms with E-state index in [0.29, 0.717) is 42.9 Å². The van der Waals surface area contributed by atoms with Crippen molar-refractivity contribution in [2.75, 3.05) is 20.3 Å². The van der Waals surface area contributed by atoms with Crippen LogP contribution in [0.3, 0.4) is 0 Å². The summed E-state index contributed by atoms with van der Waals surface area (Å²) in [4.78, 5) is 4.93. The molecule has 0 saturated carbocycles. The Kier molecular flexibility index (Phi) is 7.31. The number of benzene rings is 1. The van der Waals surface area contributed by atoms with Crippen LogP contribution in [0.5, 0.6) is 0 Å². The third-order valence-corrected chi connectivity index (χ3v) is 7.34. The summed E-state index contributed by atoms with van der Waals surface area (Å²) < 4.78 is 50.6. The van der Waals surface area contributed by atoms with Gasteiger partial charge in [0.25, 0.3) is 0 Å². The first-order chi connectivity index (χ1) is 16.4. The number of aliphatic hydroxyl groups is 2. The summed E-state index contributed by atoms with van der Waals surface area (Å²) in [6.07, 6.45) is -4.20. The molecule has 1 aromatic heterocycles. The van der Waals surface area contributed by atoms with Crippen molar-refractivity contribution in [2.24, 2.45) is 5.41 Å². The van der Waals surface area contributed by atoms with Crippen molar-refractivity contribution in [3.63, 3.8) is 0 Å². The molecule has 1 aliphatic heterocycles. The SMILES string of the molecule is COC(C)c1nc2c(c(C3CCOCC3)c1[C@H](O)c1ccc(C(F)(F)F)cc1)[C@@H](O)CC(C)(C)C2. The zero-order chi connectivity index (χ0) is 25.5. The van der Waals surface area contributed by atoms with Crippen molar-refractivity contribution in [3.8, 4) is 0 Å². The molecule has 4 rings (SSSR count). The van der Waals surface area contributed by atoms with Crippen molar-refractivity contribution >= 4 is 0 Å². The predicted octanol–water partition coefficient (Wildman–Crippen LogP) is 5.79. The normalized spacial score (nSPS) is 22.5. The smallest absolute Gasteiger partial charge is 0.388 e. The van der Waals surface area contributed by atoms with Gasteiger partial charge in [-0.3, -0.25) is 4.98 Å².